The molecule has 8 heteroatoms. The number of fused-ring (bicyclic) bond motifs is 1. The van der Waals surface area contributed by atoms with Gasteiger partial charge in [0.05, 0.1) is 11.0 Å². The summed E-state index contributed by atoms with van der Waals surface area (Å²) in [5.74, 6) is 2.03. The number of amides is 1. The lowest BCUT2D eigenvalue weighted by Gasteiger charge is -2.20. The average molecular weight is 428 g/mol. The Morgan fingerprint density at radius 3 is 2.47 bits per heavy atom. The maximum absolute atomic E-state index is 12.7. The van der Waals surface area contributed by atoms with E-state index in [1.54, 1.807) is 0 Å². The van der Waals surface area contributed by atoms with Crippen molar-refractivity contribution in [2.75, 3.05) is 23.3 Å². The molecule has 32 heavy (non-hydrogen) atoms. The number of anilines is 2. The molecule has 0 radical (unpaired) electrons. The van der Waals surface area contributed by atoms with Crippen molar-refractivity contribution in [3.63, 3.8) is 0 Å². The molecule has 1 amide bonds. The molecule has 1 saturated heterocycles. The van der Waals surface area contributed by atoms with Crippen molar-refractivity contribution in [3.8, 4) is 11.4 Å². The number of nitrogens with one attached hydrogen (secondary N) is 1. The van der Waals surface area contributed by atoms with E-state index in [9.17, 15) is 4.79 Å². The SMILES string of the molecule is Cc1ccc(-c2noc(CCC(=O)Nc3nc4ccccc4nc3N3CCCC3)n2)cc1. The van der Waals surface area contributed by atoms with Crippen molar-refractivity contribution in [2.24, 2.45) is 0 Å². The Balaban J connectivity index is 1.29. The molecule has 0 unspecified atom stereocenters. The fraction of sp³-hybridized carbons (Fsp3) is 0.292. The normalized spacial score (nSPS) is 13.6. The molecule has 0 atom stereocenters. The zero-order valence-electron chi connectivity index (χ0n) is 17.9. The second kappa shape index (κ2) is 8.74. The van der Waals surface area contributed by atoms with Crippen LogP contribution in [0.15, 0.2) is 53.1 Å². The molecule has 2 aromatic heterocycles. The van der Waals surface area contributed by atoms with Crippen LogP contribution >= 0.6 is 0 Å². The number of aryl methyl sites for hydroxylation is 2. The van der Waals surface area contributed by atoms with E-state index < -0.39 is 0 Å². The first-order valence-electron chi connectivity index (χ1n) is 10.9. The molecular weight excluding hydrogens is 404 g/mol. The van der Waals surface area contributed by atoms with Gasteiger partial charge in [0.2, 0.25) is 17.6 Å². The zero-order valence-corrected chi connectivity index (χ0v) is 17.9. The number of benzene rings is 2. The van der Waals surface area contributed by atoms with Crippen LogP contribution in [0.3, 0.4) is 0 Å². The van der Waals surface area contributed by atoms with Crippen LogP contribution in [0, 0.1) is 6.92 Å². The number of hydrogen-bond acceptors (Lipinski definition) is 7. The first-order chi connectivity index (χ1) is 15.7. The lowest BCUT2D eigenvalue weighted by atomic mass is 10.1. The van der Waals surface area contributed by atoms with Gasteiger partial charge in [-0.3, -0.25) is 4.79 Å². The van der Waals surface area contributed by atoms with Crippen LogP contribution in [-0.2, 0) is 11.2 Å². The zero-order chi connectivity index (χ0) is 21.9. The summed E-state index contributed by atoms with van der Waals surface area (Å²) < 4.78 is 5.34. The summed E-state index contributed by atoms with van der Waals surface area (Å²) in [5, 5.41) is 6.98. The van der Waals surface area contributed by atoms with Crippen LogP contribution in [0.25, 0.3) is 22.4 Å². The molecule has 0 spiro atoms. The number of para-hydroxylation sites is 2. The largest absolute Gasteiger partial charge is 0.354 e. The molecule has 8 nitrogen and oxygen atoms in total. The monoisotopic (exact) mass is 428 g/mol. The number of rotatable bonds is 6. The van der Waals surface area contributed by atoms with Crippen LogP contribution in [-0.4, -0.2) is 39.1 Å². The average Bonchev–Trinajstić information content (AvgIpc) is 3.50. The highest BCUT2D eigenvalue weighted by Gasteiger charge is 2.21. The fourth-order valence-corrected chi connectivity index (χ4v) is 3.82. The number of aromatic nitrogens is 4. The van der Waals surface area contributed by atoms with E-state index in [0.717, 1.165) is 48.3 Å². The van der Waals surface area contributed by atoms with Crippen LogP contribution < -0.4 is 10.2 Å². The number of carbonyl (C=O) groups excluding carboxylic acids is 1. The van der Waals surface area contributed by atoms with Crippen LogP contribution in [0.4, 0.5) is 11.6 Å². The summed E-state index contributed by atoms with van der Waals surface area (Å²) in [7, 11) is 0. The molecule has 4 aromatic rings. The van der Waals surface area contributed by atoms with Gasteiger partial charge in [-0.1, -0.05) is 47.1 Å². The molecule has 0 saturated carbocycles. The molecule has 0 bridgehead atoms. The van der Waals surface area contributed by atoms with E-state index in [1.165, 1.54) is 5.56 Å². The minimum atomic E-state index is -0.162. The highest BCUT2D eigenvalue weighted by molar-refractivity contribution is 5.94. The topological polar surface area (TPSA) is 97.0 Å². The third kappa shape index (κ3) is 4.30. The second-order valence-corrected chi connectivity index (χ2v) is 8.00. The van der Waals surface area contributed by atoms with Crippen molar-refractivity contribution in [2.45, 2.75) is 32.6 Å². The van der Waals surface area contributed by atoms with Crippen LogP contribution in [0.5, 0.6) is 0 Å². The third-order valence-corrected chi connectivity index (χ3v) is 5.56. The predicted molar refractivity (Wildman–Crippen MR) is 122 cm³/mol. The molecule has 5 rings (SSSR count). The van der Waals surface area contributed by atoms with Crippen molar-refractivity contribution < 1.29 is 9.32 Å². The Bertz CT molecular complexity index is 1250. The molecule has 1 fully saturated rings. The Labute approximate surface area is 185 Å². The lowest BCUT2D eigenvalue weighted by Crippen LogP contribution is -2.23. The van der Waals surface area contributed by atoms with E-state index in [2.05, 4.69) is 25.3 Å². The molecule has 1 aliphatic heterocycles. The van der Waals surface area contributed by atoms with Crippen molar-refractivity contribution in [1.29, 1.82) is 0 Å². The van der Waals surface area contributed by atoms with E-state index in [4.69, 9.17) is 9.51 Å². The summed E-state index contributed by atoms with van der Waals surface area (Å²) in [5.41, 5.74) is 3.63. The van der Waals surface area contributed by atoms with E-state index in [0.29, 0.717) is 24.0 Å². The van der Waals surface area contributed by atoms with E-state index in [-0.39, 0.29) is 12.3 Å². The Hall–Kier alpha value is -3.81. The Morgan fingerprint density at radius 1 is 1.00 bits per heavy atom. The van der Waals surface area contributed by atoms with Gasteiger partial charge in [-0.25, -0.2) is 9.97 Å². The Morgan fingerprint density at radius 2 is 1.72 bits per heavy atom. The van der Waals surface area contributed by atoms with Crippen LogP contribution in [0.2, 0.25) is 0 Å². The van der Waals surface area contributed by atoms with Crippen molar-refractivity contribution in [1.82, 2.24) is 20.1 Å². The molecular formula is C24H24N6O2. The molecule has 1 N–H and O–H groups in total. The van der Waals surface area contributed by atoms with Gasteiger partial charge < -0.3 is 14.7 Å². The second-order valence-electron chi connectivity index (χ2n) is 8.00. The van der Waals surface area contributed by atoms with Gasteiger partial charge in [0.15, 0.2) is 11.6 Å². The minimum Gasteiger partial charge on any atom is -0.354 e. The number of nitrogens with zero attached hydrogens (tertiary/aromatic N) is 5. The first-order valence-corrected chi connectivity index (χ1v) is 10.9. The summed E-state index contributed by atoms with van der Waals surface area (Å²) in [6, 6.07) is 15.6. The Kier molecular flexibility index (Phi) is 5.49. The van der Waals surface area contributed by atoms with Crippen molar-refractivity contribution >= 4 is 28.6 Å². The standard InChI is InChI=1S/C24H24N6O2/c1-16-8-10-17(11-9-16)22-28-21(32-29-22)13-12-20(31)27-23-24(30-14-4-5-15-30)26-19-7-3-2-6-18(19)25-23/h2-3,6-11H,4-5,12-15H2,1H3,(H,25,27,31). The lowest BCUT2D eigenvalue weighted by molar-refractivity contribution is -0.116. The fourth-order valence-electron chi connectivity index (χ4n) is 3.82. The first kappa shape index (κ1) is 20.1. The third-order valence-electron chi connectivity index (χ3n) is 5.56. The van der Waals surface area contributed by atoms with Gasteiger partial charge in [-0.15, -0.1) is 0 Å². The molecule has 2 aromatic carbocycles. The molecule has 162 valence electrons. The van der Waals surface area contributed by atoms with Gasteiger partial charge in [-0.05, 0) is 31.9 Å². The van der Waals surface area contributed by atoms with Gasteiger partial charge in [0.1, 0.15) is 0 Å². The van der Waals surface area contributed by atoms with E-state index >= 15 is 0 Å². The smallest absolute Gasteiger partial charge is 0.227 e. The minimum absolute atomic E-state index is 0.162. The number of carbonyl (C=O) groups is 1. The van der Waals surface area contributed by atoms with Gasteiger partial charge in [0, 0.05) is 31.5 Å². The molecule has 3 heterocycles. The summed E-state index contributed by atoms with van der Waals surface area (Å²) >= 11 is 0. The highest BCUT2D eigenvalue weighted by Crippen LogP contribution is 2.28. The van der Waals surface area contributed by atoms with Gasteiger partial charge >= 0.3 is 0 Å². The summed E-state index contributed by atoms with van der Waals surface area (Å²) in [4.78, 5) is 28.8. The van der Waals surface area contributed by atoms with Gasteiger partial charge in [0.25, 0.3) is 0 Å². The molecule has 0 aliphatic carbocycles. The summed E-state index contributed by atoms with van der Waals surface area (Å²) in [6.45, 7) is 3.86. The van der Waals surface area contributed by atoms with Crippen molar-refractivity contribution in [3.05, 3.63) is 60.0 Å². The summed E-state index contributed by atoms with van der Waals surface area (Å²) in [6.07, 6.45) is 2.79. The maximum atomic E-state index is 12.7. The predicted octanol–water partition coefficient (Wildman–Crippen LogP) is 4.16. The maximum Gasteiger partial charge on any atom is 0.227 e. The molecule has 1 aliphatic rings. The van der Waals surface area contributed by atoms with Crippen LogP contribution in [0.1, 0.15) is 30.7 Å². The van der Waals surface area contributed by atoms with Gasteiger partial charge in [-0.2, -0.15) is 4.98 Å². The number of hydrogen-bond donors (Lipinski definition) is 1. The van der Waals surface area contributed by atoms with E-state index in [1.807, 2.05) is 55.5 Å². The quantitative estimate of drug-likeness (QED) is 0.492. The highest BCUT2D eigenvalue weighted by atomic mass is 16.5.